The molecule has 31 heavy (non-hydrogen) atoms. The summed E-state index contributed by atoms with van der Waals surface area (Å²) in [5.41, 5.74) is 1.41. The van der Waals surface area contributed by atoms with Crippen molar-refractivity contribution in [1.82, 2.24) is 5.32 Å². The van der Waals surface area contributed by atoms with Crippen LogP contribution in [0.25, 0.3) is 0 Å². The van der Waals surface area contributed by atoms with E-state index in [1.165, 1.54) is 0 Å². The van der Waals surface area contributed by atoms with E-state index in [0.717, 1.165) is 49.5 Å². The van der Waals surface area contributed by atoms with Gasteiger partial charge >= 0.3 is 0 Å². The molecule has 3 aliphatic rings. The second-order valence-electron chi connectivity index (χ2n) is 8.82. The Morgan fingerprint density at radius 1 is 1.10 bits per heavy atom. The maximum absolute atomic E-state index is 13.6. The van der Waals surface area contributed by atoms with Gasteiger partial charge in [-0.2, -0.15) is 0 Å². The lowest BCUT2D eigenvalue weighted by Crippen LogP contribution is -2.49. The Labute approximate surface area is 182 Å². The molecule has 2 aromatic rings. The van der Waals surface area contributed by atoms with E-state index in [2.05, 4.69) is 11.4 Å². The Morgan fingerprint density at radius 3 is 2.65 bits per heavy atom. The zero-order chi connectivity index (χ0) is 21.3. The highest BCUT2D eigenvalue weighted by atomic mass is 16.5. The standard InChI is InChI=1S/C25H28N2O4/c28-23(26-15-18-10-12-30-13-11-18)16-27-22-9-5-4-8-20(22)21-14-25(21,24(27)29)17-31-19-6-2-1-3-7-19/h1-9,18,21H,10-17H2,(H,26,28)/t21-,25+/m0/s1. The molecule has 0 unspecified atom stereocenters. The molecule has 5 rings (SSSR count). The summed E-state index contributed by atoms with van der Waals surface area (Å²) in [5.74, 6) is 1.23. The van der Waals surface area contributed by atoms with Crippen LogP contribution in [0.3, 0.4) is 0 Å². The first-order valence-corrected chi connectivity index (χ1v) is 11.1. The van der Waals surface area contributed by atoms with Crippen molar-refractivity contribution < 1.29 is 19.1 Å². The van der Waals surface area contributed by atoms with E-state index in [1.54, 1.807) is 4.90 Å². The number of fused-ring (bicyclic) bond motifs is 3. The van der Waals surface area contributed by atoms with E-state index in [0.29, 0.717) is 19.1 Å². The van der Waals surface area contributed by atoms with Crippen LogP contribution in [0.1, 0.15) is 30.7 Å². The van der Waals surface area contributed by atoms with Crippen molar-refractivity contribution in [3.63, 3.8) is 0 Å². The summed E-state index contributed by atoms with van der Waals surface area (Å²) in [6.45, 7) is 2.51. The Hall–Kier alpha value is -2.86. The molecule has 2 heterocycles. The summed E-state index contributed by atoms with van der Waals surface area (Å²) < 4.78 is 11.4. The van der Waals surface area contributed by atoms with E-state index in [1.807, 2.05) is 48.5 Å². The molecule has 1 aliphatic carbocycles. The molecule has 2 amide bonds. The van der Waals surface area contributed by atoms with Gasteiger partial charge in [-0.3, -0.25) is 9.59 Å². The topological polar surface area (TPSA) is 67.9 Å². The lowest BCUT2D eigenvalue weighted by atomic mass is 9.92. The minimum absolute atomic E-state index is 0.00616. The normalized spacial score (nSPS) is 24.8. The highest BCUT2D eigenvalue weighted by Crippen LogP contribution is 2.65. The zero-order valence-corrected chi connectivity index (χ0v) is 17.6. The SMILES string of the molecule is O=C(CN1C(=O)[C@@]2(COc3ccccc3)C[C@H]2c2ccccc21)NCC1CCOCC1. The van der Waals surface area contributed by atoms with Crippen molar-refractivity contribution in [2.75, 3.05) is 37.8 Å². The van der Waals surface area contributed by atoms with Crippen molar-refractivity contribution in [2.45, 2.75) is 25.2 Å². The molecular formula is C25H28N2O4. The highest BCUT2D eigenvalue weighted by molar-refractivity contribution is 6.07. The molecule has 0 aromatic heterocycles. The first-order chi connectivity index (χ1) is 15.2. The number of carbonyl (C=O) groups excluding carboxylic acids is 2. The molecule has 1 N–H and O–H groups in total. The largest absolute Gasteiger partial charge is 0.492 e. The number of amides is 2. The van der Waals surface area contributed by atoms with Crippen LogP contribution in [0.15, 0.2) is 54.6 Å². The molecule has 6 heteroatoms. The first kappa shape index (κ1) is 20.1. The van der Waals surface area contributed by atoms with Crippen LogP contribution in [0, 0.1) is 11.3 Å². The molecular weight excluding hydrogens is 392 g/mol. The van der Waals surface area contributed by atoms with Crippen LogP contribution < -0.4 is 15.0 Å². The summed E-state index contributed by atoms with van der Waals surface area (Å²) in [6, 6.07) is 17.5. The number of nitrogens with zero attached hydrogens (tertiary/aromatic N) is 1. The van der Waals surface area contributed by atoms with Crippen molar-refractivity contribution in [1.29, 1.82) is 0 Å². The smallest absolute Gasteiger partial charge is 0.240 e. The molecule has 2 fully saturated rings. The number of nitrogens with one attached hydrogen (secondary N) is 1. The van der Waals surface area contributed by atoms with Gasteiger partial charge in [-0.15, -0.1) is 0 Å². The van der Waals surface area contributed by atoms with Gasteiger partial charge < -0.3 is 19.7 Å². The van der Waals surface area contributed by atoms with Crippen LogP contribution in [0.5, 0.6) is 5.75 Å². The van der Waals surface area contributed by atoms with E-state index in [-0.39, 0.29) is 24.3 Å². The van der Waals surface area contributed by atoms with Crippen LogP contribution in [0.2, 0.25) is 0 Å². The number of carbonyl (C=O) groups is 2. The van der Waals surface area contributed by atoms with Gasteiger partial charge in [0.05, 0.1) is 5.41 Å². The minimum atomic E-state index is -0.578. The van der Waals surface area contributed by atoms with Crippen LogP contribution >= 0.6 is 0 Å². The predicted molar refractivity (Wildman–Crippen MR) is 117 cm³/mol. The summed E-state index contributed by atoms with van der Waals surface area (Å²) in [6.07, 6.45) is 2.69. The van der Waals surface area contributed by atoms with E-state index < -0.39 is 5.41 Å². The predicted octanol–water partition coefficient (Wildman–Crippen LogP) is 3.13. The van der Waals surface area contributed by atoms with Crippen LogP contribution in [-0.4, -0.2) is 44.7 Å². The van der Waals surface area contributed by atoms with Gasteiger partial charge in [-0.25, -0.2) is 0 Å². The Kier molecular flexibility index (Phi) is 5.40. The number of rotatable bonds is 7. The van der Waals surface area contributed by atoms with Gasteiger partial charge in [0, 0.05) is 31.4 Å². The molecule has 1 saturated heterocycles. The van der Waals surface area contributed by atoms with Gasteiger partial charge in [-0.1, -0.05) is 36.4 Å². The average Bonchev–Trinajstić information content (AvgIpc) is 3.57. The lowest BCUT2D eigenvalue weighted by Gasteiger charge is -2.34. The summed E-state index contributed by atoms with van der Waals surface area (Å²) >= 11 is 0. The van der Waals surface area contributed by atoms with Crippen LogP contribution in [-0.2, 0) is 14.3 Å². The summed E-state index contributed by atoms with van der Waals surface area (Å²) in [4.78, 5) is 28.0. The van der Waals surface area contributed by atoms with E-state index >= 15 is 0 Å². The quantitative estimate of drug-likeness (QED) is 0.747. The molecule has 1 saturated carbocycles. The monoisotopic (exact) mass is 420 g/mol. The van der Waals surface area contributed by atoms with Crippen molar-refractivity contribution in [3.05, 3.63) is 60.2 Å². The van der Waals surface area contributed by atoms with Gasteiger partial charge in [0.25, 0.3) is 0 Å². The zero-order valence-electron chi connectivity index (χ0n) is 17.6. The Balaban J connectivity index is 1.29. The van der Waals surface area contributed by atoms with Gasteiger partial charge in [0.2, 0.25) is 11.8 Å². The van der Waals surface area contributed by atoms with E-state index in [4.69, 9.17) is 9.47 Å². The van der Waals surface area contributed by atoms with Crippen molar-refractivity contribution >= 4 is 17.5 Å². The lowest BCUT2D eigenvalue weighted by molar-refractivity contribution is -0.128. The maximum atomic E-state index is 13.6. The number of ether oxygens (including phenoxy) is 2. The third-order valence-corrected chi connectivity index (χ3v) is 6.82. The third-order valence-electron chi connectivity index (χ3n) is 6.82. The first-order valence-electron chi connectivity index (χ1n) is 11.1. The molecule has 2 aromatic carbocycles. The number of para-hydroxylation sites is 2. The highest BCUT2D eigenvalue weighted by Gasteiger charge is 2.66. The van der Waals surface area contributed by atoms with E-state index in [9.17, 15) is 9.59 Å². The fourth-order valence-electron chi connectivity index (χ4n) is 4.87. The molecule has 6 nitrogen and oxygen atoms in total. The summed E-state index contributed by atoms with van der Waals surface area (Å²) in [5, 5.41) is 3.03. The molecule has 2 aliphatic heterocycles. The Morgan fingerprint density at radius 2 is 1.84 bits per heavy atom. The molecule has 2 atom stereocenters. The fourth-order valence-corrected chi connectivity index (χ4v) is 4.87. The van der Waals surface area contributed by atoms with Crippen molar-refractivity contribution in [2.24, 2.45) is 11.3 Å². The number of benzene rings is 2. The third kappa shape index (κ3) is 3.92. The van der Waals surface area contributed by atoms with Crippen LogP contribution in [0.4, 0.5) is 5.69 Å². The van der Waals surface area contributed by atoms with Gasteiger partial charge in [-0.05, 0) is 48.9 Å². The molecule has 0 bridgehead atoms. The maximum Gasteiger partial charge on any atom is 0.240 e. The number of hydrogen-bond donors (Lipinski definition) is 1. The molecule has 0 spiro atoms. The Bertz CT molecular complexity index is 957. The summed E-state index contributed by atoms with van der Waals surface area (Å²) in [7, 11) is 0. The van der Waals surface area contributed by atoms with Gasteiger partial charge in [0.15, 0.2) is 0 Å². The molecule has 162 valence electrons. The second-order valence-corrected chi connectivity index (χ2v) is 8.82. The van der Waals surface area contributed by atoms with Gasteiger partial charge in [0.1, 0.15) is 18.9 Å². The number of hydrogen-bond acceptors (Lipinski definition) is 4. The minimum Gasteiger partial charge on any atom is -0.492 e. The molecule has 0 radical (unpaired) electrons. The number of anilines is 1. The average molecular weight is 421 g/mol. The van der Waals surface area contributed by atoms with Crippen molar-refractivity contribution in [3.8, 4) is 5.75 Å². The fraction of sp³-hybridized carbons (Fsp3) is 0.440. The second kappa shape index (κ2) is 8.35.